The Hall–Kier alpha value is -2.06. The highest BCUT2D eigenvalue weighted by Crippen LogP contribution is 2.40. The Balaban J connectivity index is 1.69. The number of nitrogens with one attached hydrogen (secondary N) is 1. The van der Waals surface area contributed by atoms with Gasteiger partial charge < -0.3 is 20.1 Å². The summed E-state index contributed by atoms with van der Waals surface area (Å²) in [5, 5.41) is 21.6. The molecule has 0 bridgehead atoms. The van der Waals surface area contributed by atoms with E-state index in [2.05, 4.69) is 15.5 Å². The molecule has 2 N–H and O–H groups in total. The first-order valence-electron chi connectivity index (χ1n) is 9.47. The molecule has 8 heteroatoms. The lowest BCUT2D eigenvalue weighted by Crippen LogP contribution is -2.69. The van der Waals surface area contributed by atoms with E-state index in [9.17, 15) is 14.7 Å². The maximum absolute atomic E-state index is 12.6. The van der Waals surface area contributed by atoms with Crippen molar-refractivity contribution >= 4 is 11.8 Å². The monoisotopic (exact) mass is 376 g/mol. The van der Waals surface area contributed by atoms with E-state index >= 15 is 0 Å². The van der Waals surface area contributed by atoms with Gasteiger partial charge in [-0.25, -0.2) is 0 Å². The average Bonchev–Trinajstić information content (AvgIpc) is 2.67. The van der Waals surface area contributed by atoms with Crippen LogP contribution in [0.2, 0.25) is 0 Å². The fourth-order valence-corrected chi connectivity index (χ4v) is 3.93. The van der Waals surface area contributed by atoms with Crippen molar-refractivity contribution in [3.8, 4) is 0 Å². The fourth-order valence-electron chi connectivity index (χ4n) is 3.93. The molecule has 0 radical (unpaired) electrons. The number of carbonyl (C=O) groups is 2. The average molecular weight is 376 g/mol. The zero-order chi connectivity index (χ0) is 19.7. The highest BCUT2D eigenvalue weighted by atomic mass is 16.5. The van der Waals surface area contributed by atoms with Crippen LogP contribution in [0.15, 0.2) is 18.5 Å². The summed E-state index contributed by atoms with van der Waals surface area (Å²) >= 11 is 0. The van der Waals surface area contributed by atoms with Gasteiger partial charge in [0, 0.05) is 25.6 Å². The minimum absolute atomic E-state index is 0.0774. The lowest BCUT2D eigenvalue weighted by Gasteiger charge is -2.53. The predicted molar refractivity (Wildman–Crippen MR) is 97.9 cm³/mol. The van der Waals surface area contributed by atoms with Crippen LogP contribution in [-0.2, 0) is 9.53 Å². The predicted octanol–water partition coefficient (Wildman–Crippen LogP) is 0.764. The van der Waals surface area contributed by atoms with E-state index in [1.165, 1.54) is 12.4 Å². The molecule has 148 valence electrons. The first kappa shape index (κ1) is 19.7. The van der Waals surface area contributed by atoms with Crippen LogP contribution in [0.1, 0.15) is 50.4 Å². The molecule has 0 unspecified atom stereocenters. The van der Waals surface area contributed by atoms with Crippen molar-refractivity contribution in [1.82, 2.24) is 20.4 Å². The Morgan fingerprint density at radius 3 is 2.59 bits per heavy atom. The molecule has 2 atom stereocenters. The Kier molecular flexibility index (Phi) is 5.48. The molecule has 8 nitrogen and oxygen atoms in total. The second-order valence-corrected chi connectivity index (χ2v) is 8.05. The Morgan fingerprint density at radius 2 is 2.00 bits per heavy atom. The number of amides is 2. The van der Waals surface area contributed by atoms with Crippen molar-refractivity contribution in [3.63, 3.8) is 0 Å². The molecule has 0 aromatic carbocycles. The third-order valence-corrected chi connectivity index (χ3v) is 5.77. The van der Waals surface area contributed by atoms with Crippen molar-refractivity contribution in [2.45, 2.75) is 57.3 Å². The molecule has 1 aromatic heterocycles. The lowest BCUT2D eigenvalue weighted by molar-refractivity contribution is -0.206. The van der Waals surface area contributed by atoms with Gasteiger partial charge in [-0.3, -0.25) is 9.59 Å². The molecule has 27 heavy (non-hydrogen) atoms. The van der Waals surface area contributed by atoms with Crippen LogP contribution in [0.4, 0.5) is 0 Å². The molecule has 0 aliphatic carbocycles. The molecule has 1 spiro atoms. The smallest absolute Gasteiger partial charge is 0.255 e. The van der Waals surface area contributed by atoms with Gasteiger partial charge in [-0.05, 0) is 32.3 Å². The quantitative estimate of drug-likeness (QED) is 0.807. The number of ether oxygens (including phenoxy) is 1. The molecule has 3 rings (SSSR count). The van der Waals surface area contributed by atoms with Crippen LogP contribution in [0, 0.1) is 5.92 Å². The van der Waals surface area contributed by atoms with Crippen LogP contribution in [0.5, 0.6) is 0 Å². The van der Waals surface area contributed by atoms with E-state index < -0.39 is 17.2 Å². The van der Waals surface area contributed by atoms with Crippen LogP contribution in [0.3, 0.4) is 0 Å². The molecule has 1 aromatic rings. The number of piperidine rings is 1. The first-order chi connectivity index (χ1) is 12.8. The van der Waals surface area contributed by atoms with E-state index in [4.69, 9.17) is 4.74 Å². The number of hydrogen-bond donors (Lipinski definition) is 2. The third kappa shape index (κ3) is 3.82. The Bertz CT molecular complexity index is 688. The number of likely N-dealkylation sites (tertiary alicyclic amines) is 1. The van der Waals surface area contributed by atoms with Crippen LogP contribution < -0.4 is 5.32 Å². The van der Waals surface area contributed by atoms with E-state index in [0.717, 1.165) is 0 Å². The van der Waals surface area contributed by atoms with Gasteiger partial charge in [0.1, 0.15) is 6.10 Å². The summed E-state index contributed by atoms with van der Waals surface area (Å²) in [6, 6.07) is 1.64. The van der Waals surface area contributed by atoms with E-state index in [-0.39, 0.29) is 17.7 Å². The number of hydrogen-bond acceptors (Lipinski definition) is 6. The topological polar surface area (TPSA) is 105 Å². The van der Waals surface area contributed by atoms with Crippen LogP contribution >= 0.6 is 0 Å². The molecular formula is C19H28N4O4. The van der Waals surface area contributed by atoms with Gasteiger partial charge in [0.15, 0.2) is 0 Å². The van der Waals surface area contributed by atoms with E-state index in [0.29, 0.717) is 44.5 Å². The summed E-state index contributed by atoms with van der Waals surface area (Å²) in [4.78, 5) is 26.5. The fraction of sp³-hybridized carbons (Fsp3) is 0.684. The van der Waals surface area contributed by atoms with Crippen molar-refractivity contribution in [3.05, 3.63) is 24.0 Å². The number of aromatic nitrogens is 2. The molecule has 0 saturated carbocycles. The summed E-state index contributed by atoms with van der Waals surface area (Å²) in [5.74, 6) is -0.325. The molecule has 3 heterocycles. The van der Waals surface area contributed by atoms with Gasteiger partial charge in [0.25, 0.3) is 5.91 Å². The van der Waals surface area contributed by atoms with Gasteiger partial charge in [-0.2, -0.15) is 10.2 Å². The standard InChI is InChI=1S/C19H28N4O4/c1-13(2)15(24)22-18(3)7-11-27-19(17(18)26)5-9-23(10-6-19)16(25)14-4-8-20-21-12-14/h4,8,12-13,17,26H,5-7,9-11H2,1-3H3,(H,22,24)/t17-,18+/m1/s1. The van der Waals surface area contributed by atoms with Gasteiger partial charge in [-0.1, -0.05) is 13.8 Å². The van der Waals surface area contributed by atoms with E-state index in [1.807, 2.05) is 20.8 Å². The minimum atomic E-state index is -0.832. The van der Waals surface area contributed by atoms with Crippen molar-refractivity contribution in [2.75, 3.05) is 19.7 Å². The van der Waals surface area contributed by atoms with Gasteiger partial charge in [0.2, 0.25) is 5.91 Å². The third-order valence-electron chi connectivity index (χ3n) is 5.77. The maximum Gasteiger partial charge on any atom is 0.255 e. The maximum atomic E-state index is 12.6. The summed E-state index contributed by atoms with van der Waals surface area (Å²) in [5.41, 5.74) is -0.981. The molecule has 2 aliphatic rings. The summed E-state index contributed by atoms with van der Waals surface area (Å²) < 4.78 is 6.03. The largest absolute Gasteiger partial charge is 0.388 e. The zero-order valence-electron chi connectivity index (χ0n) is 16.1. The molecule has 2 amide bonds. The minimum Gasteiger partial charge on any atom is -0.388 e. The summed E-state index contributed by atoms with van der Waals surface area (Å²) in [6.45, 7) is 6.96. The number of aliphatic hydroxyl groups excluding tert-OH is 1. The lowest BCUT2D eigenvalue weighted by atomic mass is 9.73. The van der Waals surface area contributed by atoms with Crippen molar-refractivity contribution in [2.24, 2.45) is 5.92 Å². The Morgan fingerprint density at radius 1 is 1.30 bits per heavy atom. The van der Waals surface area contributed by atoms with Gasteiger partial charge >= 0.3 is 0 Å². The van der Waals surface area contributed by atoms with Crippen molar-refractivity contribution in [1.29, 1.82) is 0 Å². The number of rotatable bonds is 3. The second-order valence-electron chi connectivity index (χ2n) is 8.05. The van der Waals surface area contributed by atoms with Gasteiger partial charge in [-0.15, -0.1) is 0 Å². The number of nitrogens with zero attached hydrogens (tertiary/aromatic N) is 3. The van der Waals surface area contributed by atoms with Crippen LogP contribution in [-0.4, -0.2) is 69.0 Å². The number of carbonyl (C=O) groups excluding carboxylic acids is 2. The summed E-state index contributed by atoms with van der Waals surface area (Å²) in [7, 11) is 0. The Labute approximate surface area is 159 Å². The molecule has 2 saturated heterocycles. The van der Waals surface area contributed by atoms with Crippen LogP contribution in [0.25, 0.3) is 0 Å². The highest BCUT2D eigenvalue weighted by Gasteiger charge is 2.54. The van der Waals surface area contributed by atoms with Crippen molar-refractivity contribution < 1.29 is 19.4 Å². The first-order valence-corrected chi connectivity index (χ1v) is 9.47. The molecule has 2 fully saturated rings. The van der Waals surface area contributed by atoms with Gasteiger partial charge in [0.05, 0.1) is 29.1 Å². The SMILES string of the molecule is CC(C)C(=O)N[C@@]1(C)CCOC2(CCN(C(=O)c3ccnnc3)CC2)[C@@H]1O. The van der Waals surface area contributed by atoms with E-state index in [1.54, 1.807) is 11.0 Å². The normalized spacial score (nSPS) is 27.6. The highest BCUT2D eigenvalue weighted by molar-refractivity contribution is 5.93. The summed E-state index contributed by atoms with van der Waals surface area (Å²) in [6.07, 6.45) is 3.71. The zero-order valence-corrected chi connectivity index (χ0v) is 16.1. The second kappa shape index (κ2) is 7.52. The number of aliphatic hydroxyl groups is 1. The molecular weight excluding hydrogens is 348 g/mol. The molecule has 2 aliphatic heterocycles.